The minimum absolute atomic E-state index is 0. The van der Waals surface area contributed by atoms with Crippen molar-refractivity contribution in [2.75, 3.05) is 34.4 Å². The molecule has 2 aromatic carbocycles. The van der Waals surface area contributed by atoms with Crippen LogP contribution in [0.4, 0.5) is 0 Å². The van der Waals surface area contributed by atoms with E-state index in [9.17, 15) is 0 Å². The van der Waals surface area contributed by atoms with Crippen LogP contribution in [0.2, 0.25) is 5.02 Å². The molecule has 3 aromatic rings. The fourth-order valence-corrected chi connectivity index (χ4v) is 2.75. The van der Waals surface area contributed by atoms with E-state index < -0.39 is 0 Å². The lowest BCUT2D eigenvalue weighted by Crippen LogP contribution is -2.19. The molecule has 0 amide bonds. The average molecular weight is 396 g/mol. The van der Waals surface area contributed by atoms with Crippen molar-refractivity contribution in [1.29, 1.82) is 0 Å². The van der Waals surface area contributed by atoms with E-state index in [0.29, 0.717) is 24.1 Å². The van der Waals surface area contributed by atoms with Crippen molar-refractivity contribution in [2.24, 2.45) is 0 Å². The van der Waals surface area contributed by atoms with E-state index in [1.54, 1.807) is 7.11 Å². The molecule has 0 unspecified atom stereocenters. The van der Waals surface area contributed by atoms with Crippen molar-refractivity contribution in [2.45, 2.75) is 6.54 Å². The lowest BCUT2D eigenvalue weighted by atomic mass is 10.2. The molecule has 0 aliphatic heterocycles. The Morgan fingerprint density at radius 1 is 1.12 bits per heavy atom. The molecular weight excluding hydrogens is 373 g/mol. The Balaban J connectivity index is 0.00000243. The highest BCUT2D eigenvalue weighted by atomic mass is 35.5. The summed E-state index contributed by atoms with van der Waals surface area (Å²) in [7, 11) is 5.69. The predicted molar refractivity (Wildman–Crippen MR) is 108 cm³/mol. The zero-order valence-corrected chi connectivity index (χ0v) is 16.7. The molecule has 140 valence electrons. The van der Waals surface area contributed by atoms with Gasteiger partial charge in [0.2, 0.25) is 5.88 Å². The van der Waals surface area contributed by atoms with E-state index in [0.717, 1.165) is 28.8 Å². The first-order valence-corrected chi connectivity index (χ1v) is 8.51. The summed E-state index contributed by atoms with van der Waals surface area (Å²) >= 11 is 6.16. The third-order valence-corrected chi connectivity index (χ3v) is 4.18. The Labute approximate surface area is 164 Å². The van der Waals surface area contributed by atoms with Gasteiger partial charge in [0.1, 0.15) is 12.4 Å². The average Bonchev–Trinajstić information content (AvgIpc) is 2.92. The van der Waals surface area contributed by atoms with Crippen LogP contribution >= 0.6 is 24.0 Å². The van der Waals surface area contributed by atoms with Crippen LogP contribution in [0.1, 0.15) is 5.56 Å². The smallest absolute Gasteiger partial charge is 0.240 e. The van der Waals surface area contributed by atoms with Crippen molar-refractivity contribution in [3.63, 3.8) is 0 Å². The number of nitrogens with zero attached hydrogens (tertiary/aromatic N) is 3. The number of methoxy groups -OCH3 is 1. The lowest BCUT2D eigenvalue weighted by Gasteiger charge is -2.09. The van der Waals surface area contributed by atoms with Crippen LogP contribution in [-0.2, 0) is 6.54 Å². The largest absolute Gasteiger partial charge is 0.497 e. The number of halogens is 2. The van der Waals surface area contributed by atoms with Crippen molar-refractivity contribution in [3.8, 4) is 11.6 Å². The summed E-state index contributed by atoms with van der Waals surface area (Å²) in [4.78, 5) is 2.07. The minimum Gasteiger partial charge on any atom is -0.497 e. The molecular formula is C19H23Cl2N3O2. The van der Waals surface area contributed by atoms with Gasteiger partial charge in [-0.1, -0.05) is 23.7 Å². The maximum absolute atomic E-state index is 6.16. The maximum atomic E-state index is 6.16. The highest BCUT2D eigenvalue weighted by Crippen LogP contribution is 2.28. The van der Waals surface area contributed by atoms with E-state index in [-0.39, 0.29) is 12.4 Å². The monoisotopic (exact) mass is 395 g/mol. The van der Waals surface area contributed by atoms with E-state index >= 15 is 0 Å². The highest BCUT2D eigenvalue weighted by molar-refractivity contribution is 6.31. The first-order chi connectivity index (χ1) is 12.1. The third kappa shape index (κ3) is 4.81. The number of benzene rings is 2. The fraction of sp³-hybridized carbons (Fsp3) is 0.316. The molecule has 0 saturated carbocycles. The van der Waals surface area contributed by atoms with Crippen LogP contribution in [0.15, 0.2) is 42.5 Å². The van der Waals surface area contributed by atoms with Crippen LogP contribution in [0.3, 0.4) is 0 Å². The van der Waals surface area contributed by atoms with Gasteiger partial charge in [0.05, 0.1) is 24.6 Å². The van der Waals surface area contributed by atoms with E-state index in [4.69, 9.17) is 21.1 Å². The first-order valence-electron chi connectivity index (χ1n) is 8.13. The number of fused-ring (bicyclic) bond motifs is 1. The Bertz CT molecular complexity index is 848. The second-order valence-electron chi connectivity index (χ2n) is 6.12. The molecule has 0 aliphatic rings. The molecule has 26 heavy (non-hydrogen) atoms. The SMILES string of the molecule is COc1ccc(Cn2nc(OCCN(C)C)c3cc(Cl)ccc32)cc1.Cl. The molecule has 0 saturated heterocycles. The van der Waals surface area contributed by atoms with E-state index in [1.807, 2.05) is 61.2 Å². The molecule has 0 aliphatic carbocycles. The molecule has 1 aromatic heterocycles. The van der Waals surface area contributed by atoms with Crippen LogP contribution in [0.25, 0.3) is 10.9 Å². The van der Waals surface area contributed by atoms with Crippen LogP contribution < -0.4 is 9.47 Å². The van der Waals surface area contributed by atoms with Crippen molar-refractivity contribution in [3.05, 3.63) is 53.1 Å². The van der Waals surface area contributed by atoms with Crippen LogP contribution in [0, 0.1) is 0 Å². The summed E-state index contributed by atoms with van der Waals surface area (Å²) in [6, 6.07) is 13.7. The molecule has 0 radical (unpaired) electrons. The Morgan fingerprint density at radius 2 is 1.85 bits per heavy atom. The standard InChI is InChI=1S/C19H22ClN3O2.ClH/c1-22(2)10-11-25-19-17-12-15(20)6-9-18(17)23(21-19)13-14-4-7-16(24-3)8-5-14;/h4-9,12H,10-11,13H2,1-3H3;1H. The number of hydrogen-bond acceptors (Lipinski definition) is 4. The highest BCUT2D eigenvalue weighted by Gasteiger charge is 2.13. The number of hydrogen-bond donors (Lipinski definition) is 0. The van der Waals surface area contributed by atoms with Gasteiger partial charge in [-0.15, -0.1) is 17.5 Å². The minimum atomic E-state index is 0. The maximum Gasteiger partial charge on any atom is 0.240 e. The summed E-state index contributed by atoms with van der Waals surface area (Å²) in [6.45, 7) is 2.06. The number of likely N-dealkylation sites (N-methyl/N-ethyl adjacent to an activating group) is 1. The molecule has 0 atom stereocenters. The molecule has 0 fully saturated rings. The van der Waals surface area contributed by atoms with E-state index in [1.165, 1.54) is 0 Å². The van der Waals surface area contributed by atoms with Gasteiger partial charge in [0.15, 0.2) is 0 Å². The fourth-order valence-electron chi connectivity index (χ4n) is 2.58. The number of aromatic nitrogens is 2. The lowest BCUT2D eigenvalue weighted by molar-refractivity contribution is 0.254. The summed E-state index contributed by atoms with van der Waals surface area (Å²) in [5, 5.41) is 6.26. The van der Waals surface area contributed by atoms with Gasteiger partial charge in [-0.3, -0.25) is 4.68 Å². The molecule has 0 spiro atoms. The first kappa shape index (κ1) is 20.4. The van der Waals surface area contributed by atoms with Crippen molar-refractivity contribution in [1.82, 2.24) is 14.7 Å². The van der Waals surface area contributed by atoms with Crippen molar-refractivity contribution >= 4 is 34.9 Å². The third-order valence-electron chi connectivity index (χ3n) is 3.95. The van der Waals surface area contributed by atoms with Gasteiger partial charge in [0.25, 0.3) is 0 Å². The second-order valence-corrected chi connectivity index (χ2v) is 6.56. The van der Waals surface area contributed by atoms with Gasteiger partial charge in [-0.2, -0.15) is 0 Å². The molecule has 7 heteroatoms. The van der Waals surface area contributed by atoms with Gasteiger partial charge in [-0.25, -0.2) is 0 Å². The molecule has 0 N–H and O–H groups in total. The zero-order chi connectivity index (χ0) is 17.8. The predicted octanol–water partition coefficient (Wildman–Crippen LogP) is 4.11. The summed E-state index contributed by atoms with van der Waals surface area (Å²) in [6.07, 6.45) is 0. The topological polar surface area (TPSA) is 39.5 Å². The second kappa shape index (κ2) is 9.12. The Morgan fingerprint density at radius 3 is 2.50 bits per heavy atom. The number of rotatable bonds is 7. The summed E-state index contributed by atoms with van der Waals surface area (Å²) in [5.41, 5.74) is 2.14. The van der Waals surface area contributed by atoms with Crippen LogP contribution in [0.5, 0.6) is 11.6 Å². The normalized spacial score (nSPS) is 10.8. The van der Waals surface area contributed by atoms with Gasteiger partial charge >= 0.3 is 0 Å². The Hall–Kier alpha value is -1.95. The summed E-state index contributed by atoms with van der Waals surface area (Å²) < 4.78 is 13.0. The summed E-state index contributed by atoms with van der Waals surface area (Å²) in [5.74, 6) is 1.46. The zero-order valence-electron chi connectivity index (χ0n) is 15.1. The van der Waals surface area contributed by atoms with Crippen LogP contribution in [-0.4, -0.2) is 49.0 Å². The van der Waals surface area contributed by atoms with Gasteiger partial charge in [0, 0.05) is 11.6 Å². The van der Waals surface area contributed by atoms with Gasteiger partial charge in [-0.05, 0) is 50.0 Å². The molecule has 5 nitrogen and oxygen atoms in total. The van der Waals surface area contributed by atoms with E-state index in [2.05, 4.69) is 10.00 Å². The number of ether oxygens (including phenoxy) is 2. The van der Waals surface area contributed by atoms with Gasteiger partial charge < -0.3 is 14.4 Å². The molecule has 1 heterocycles. The quantitative estimate of drug-likeness (QED) is 0.603. The molecule has 0 bridgehead atoms. The Kier molecular flexibility index (Phi) is 7.14. The molecule has 3 rings (SSSR count). The van der Waals surface area contributed by atoms with Crippen molar-refractivity contribution < 1.29 is 9.47 Å².